The highest BCUT2D eigenvalue weighted by molar-refractivity contribution is 5.84. The standard InChI is InChI=1S/C17H17N3O3/c1-2-9-22-13-8-7-12(15(21)10-13)11-18-20-17-19-14-5-3-4-6-16(14)23-17/h3-8,10-11,21H,2,9H2,1H3,(H,19,20)/b18-11+. The lowest BCUT2D eigenvalue weighted by molar-refractivity contribution is 0.315. The third-order valence-corrected chi connectivity index (χ3v) is 3.13. The molecule has 6 nitrogen and oxygen atoms in total. The summed E-state index contributed by atoms with van der Waals surface area (Å²) < 4.78 is 10.9. The Hall–Kier alpha value is -3.02. The predicted octanol–water partition coefficient (Wildman–Crippen LogP) is 3.77. The van der Waals surface area contributed by atoms with E-state index in [2.05, 4.69) is 15.5 Å². The number of anilines is 1. The van der Waals surface area contributed by atoms with Crippen molar-refractivity contribution in [3.8, 4) is 11.5 Å². The average molecular weight is 311 g/mol. The van der Waals surface area contributed by atoms with Gasteiger partial charge in [-0.25, -0.2) is 5.43 Å². The lowest BCUT2D eigenvalue weighted by atomic mass is 10.2. The molecule has 0 radical (unpaired) electrons. The first-order chi connectivity index (χ1) is 11.3. The number of fused-ring (bicyclic) bond motifs is 1. The molecule has 1 aromatic heterocycles. The molecular weight excluding hydrogens is 294 g/mol. The van der Waals surface area contributed by atoms with Gasteiger partial charge in [-0.05, 0) is 30.7 Å². The van der Waals surface area contributed by atoms with Crippen molar-refractivity contribution in [1.82, 2.24) is 4.98 Å². The normalized spacial score (nSPS) is 11.2. The highest BCUT2D eigenvalue weighted by Gasteiger charge is 2.04. The van der Waals surface area contributed by atoms with Crippen molar-refractivity contribution in [2.24, 2.45) is 5.10 Å². The van der Waals surface area contributed by atoms with Crippen LogP contribution in [0.15, 0.2) is 52.0 Å². The minimum atomic E-state index is 0.0988. The van der Waals surface area contributed by atoms with Crippen LogP contribution in [0.5, 0.6) is 11.5 Å². The molecule has 1 heterocycles. The summed E-state index contributed by atoms with van der Waals surface area (Å²) in [6.07, 6.45) is 2.41. The van der Waals surface area contributed by atoms with Crippen LogP contribution in [-0.2, 0) is 0 Å². The molecule has 3 aromatic rings. The lowest BCUT2D eigenvalue weighted by Crippen LogP contribution is -1.96. The molecule has 0 amide bonds. The van der Waals surface area contributed by atoms with Crippen LogP contribution in [0, 0.1) is 0 Å². The molecule has 0 fully saturated rings. The number of ether oxygens (including phenoxy) is 1. The van der Waals surface area contributed by atoms with Crippen LogP contribution in [0.3, 0.4) is 0 Å². The molecule has 0 unspecified atom stereocenters. The van der Waals surface area contributed by atoms with E-state index in [4.69, 9.17) is 9.15 Å². The molecule has 0 saturated carbocycles. The zero-order valence-electron chi connectivity index (χ0n) is 12.7. The number of benzene rings is 2. The molecule has 2 aromatic carbocycles. The SMILES string of the molecule is CCCOc1ccc(/C=N/Nc2nc3ccccc3o2)c(O)c1. The predicted molar refractivity (Wildman–Crippen MR) is 89.1 cm³/mol. The van der Waals surface area contributed by atoms with E-state index in [1.165, 1.54) is 6.21 Å². The summed E-state index contributed by atoms with van der Waals surface area (Å²) in [5.41, 5.74) is 4.72. The molecule has 0 spiro atoms. The fraction of sp³-hybridized carbons (Fsp3) is 0.176. The molecule has 0 saturated heterocycles. The maximum Gasteiger partial charge on any atom is 0.316 e. The molecule has 6 heteroatoms. The Morgan fingerprint density at radius 2 is 2.17 bits per heavy atom. The van der Waals surface area contributed by atoms with E-state index in [1.807, 2.05) is 31.2 Å². The van der Waals surface area contributed by atoms with Crippen LogP contribution in [-0.4, -0.2) is 22.9 Å². The maximum atomic E-state index is 9.96. The van der Waals surface area contributed by atoms with Gasteiger partial charge in [0.25, 0.3) is 0 Å². The fourth-order valence-corrected chi connectivity index (χ4v) is 2.02. The summed E-state index contributed by atoms with van der Waals surface area (Å²) in [6, 6.07) is 12.8. The number of aromatic nitrogens is 1. The van der Waals surface area contributed by atoms with E-state index >= 15 is 0 Å². The van der Waals surface area contributed by atoms with Crippen molar-refractivity contribution < 1.29 is 14.3 Å². The van der Waals surface area contributed by atoms with Crippen molar-refractivity contribution >= 4 is 23.3 Å². The van der Waals surface area contributed by atoms with Gasteiger partial charge < -0.3 is 14.3 Å². The van der Waals surface area contributed by atoms with Gasteiger partial charge in [0.05, 0.1) is 12.8 Å². The summed E-state index contributed by atoms with van der Waals surface area (Å²) >= 11 is 0. The molecule has 0 bridgehead atoms. The smallest absolute Gasteiger partial charge is 0.316 e. The van der Waals surface area contributed by atoms with E-state index in [0.29, 0.717) is 29.5 Å². The van der Waals surface area contributed by atoms with Gasteiger partial charge in [0.15, 0.2) is 5.58 Å². The molecule has 3 rings (SSSR count). The number of para-hydroxylation sites is 2. The number of hydrogen-bond donors (Lipinski definition) is 2. The Morgan fingerprint density at radius 1 is 1.30 bits per heavy atom. The van der Waals surface area contributed by atoms with E-state index < -0.39 is 0 Å². The summed E-state index contributed by atoms with van der Waals surface area (Å²) in [6.45, 7) is 2.64. The van der Waals surface area contributed by atoms with Gasteiger partial charge in [0.1, 0.15) is 17.0 Å². The monoisotopic (exact) mass is 311 g/mol. The number of nitrogens with one attached hydrogen (secondary N) is 1. The maximum absolute atomic E-state index is 9.96. The van der Waals surface area contributed by atoms with Crippen LogP contribution < -0.4 is 10.2 Å². The molecule has 0 aliphatic rings. The number of aromatic hydroxyl groups is 1. The highest BCUT2D eigenvalue weighted by atomic mass is 16.5. The number of hydrazone groups is 1. The molecule has 23 heavy (non-hydrogen) atoms. The van der Waals surface area contributed by atoms with E-state index in [9.17, 15) is 5.11 Å². The molecular formula is C17H17N3O3. The largest absolute Gasteiger partial charge is 0.507 e. The molecule has 2 N–H and O–H groups in total. The van der Waals surface area contributed by atoms with Gasteiger partial charge in [-0.2, -0.15) is 10.1 Å². The van der Waals surface area contributed by atoms with E-state index in [0.717, 1.165) is 11.9 Å². The number of phenolic OH excluding ortho intramolecular Hbond substituents is 1. The van der Waals surface area contributed by atoms with E-state index in [-0.39, 0.29) is 5.75 Å². The molecule has 0 aliphatic carbocycles. The topological polar surface area (TPSA) is 79.9 Å². The van der Waals surface area contributed by atoms with Crippen molar-refractivity contribution in [2.75, 3.05) is 12.0 Å². The number of phenols is 1. The number of rotatable bonds is 6. The van der Waals surface area contributed by atoms with Crippen LogP contribution in [0.1, 0.15) is 18.9 Å². The first-order valence-corrected chi connectivity index (χ1v) is 7.36. The summed E-state index contributed by atoms with van der Waals surface area (Å²) in [7, 11) is 0. The lowest BCUT2D eigenvalue weighted by Gasteiger charge is -2.06. The van der Waals surface area contributed by atoms with Gasteiger partial charge in [-0.1, -0.05) is 19.1 Å². The van der Waals surface area contributed by atoms with Crippen LogP contribution >= 0.6 is 0 Å². The van der Waals surface area contributed by atoms with Crippen molar-refractivity contribution in [3.63, 3.8) is 0 Å². The first-order valence-electron chi connectivity index (χ1n) is 7.36. The second kappa shape index (κ2) is 6.83. The first kappa shape index (κ1) is 14.9. The Balaban J connectivity index is 1.67. The highest BCUT2D eigenvalue weighted by Crippen LogP contribution is 2.23. The second-order valence-electron chi connectivity index (χ2n) is 4.93. The van der Waals surface area contributed by atoms with E-state index in [1.54, 1.807) is 18.2 Å². The Bertz CT molecular complexity index is 794. The number of oxazole rings is 1. The minimum absolute atomic E-state index is 0.0988. The van der Waals surface area contributed by atoms with Gasteiger partial charge in [-0.3, -0.25) is 0 Å². The zero-order valence-corrected chi connectivity index (χ0v) is 12.7. The van der Waals surface area contributed by atoms with Crippen molar-refractivity contribution in [3.05, 3.63) is 48.0 Å². The number of hydrogen-bond acceptors (Lipinski definition) is 6. The minimum Gasteiger partial charge on any atom is -0.507 e. The number of nitrogens with zero attached hydrogens (tertiary/aromatic N) is 2. The Morgan fingerprint density at radius 3 is 2.96 bits per heavy atom. The molecule has 0 atom stereocenters. The fourth-order valence-electron chi connectivity index (χ4n) is 2.02. The van der Waals surface area contributed by atoms with Crippen LogP contribution in [0.2, 0.25) is 0 Å². The third-order valence-electron chi connectivity index (χ3n) is 3.13. The summed E-state index contributed by atoms with van der Waals surface area (Å²) in [5.74, 6) is 0.732. The summed E-state index contributed by atoms with van der Waals surface area (Å²) in [4.78, 5) is 4.24. The quantitative estimate of drug-likeness (QED) is 0.535. The van der Waals surface area contributed by atoms with Gasteiger partial charge in [-0.15, -0.1) is 0 Å². The summed E-state index contributed by atoms with van der Waals surface area (Å²) in [5, 5.41) is 14.0. The zero-order chi connectivity index (χ0) is 16.1. The van der Waals surface area contributed by atoms with Gasteiger partial charge >= 0.3 is 6.01 Å². The third kappa shape index (κ3) is 3.60. The van der Waals surface area contributed by atoms with Gasteiger partial charge in [0.2, 0.25) is 0 Å². The van der Waals surface area contributed by atoms with Crippen LogP contribution in [0.4, 0.5) is 6.01 Å². The molecule has 118 valence electrons. The second-order valence-corrected chi connectivity index (χ2v) is 4.93. The Kier molecular flexibility index (Phi) is 4.42. The van der Waals surface area contributed by atoms with Crippen LogP contribution in [0.25, 0.3) is 11.1 Å². The van der Waals surface area contributed by atoms with Gasteiger partial charge in [0, 0.05) is 11.6 Å². The Labute approximate surface area is 133 Å². The van der Waals surface area contributed by atoms with Crippen molar-refractivity contribution in [2.45, 2.75) is 13.3 Å². The van der Waals surface area contributed by atoms with Crippen molar-refractivity contribution in [1.29, 1.82) is 0 Å². The average Bonchev–Trinajstić information content (AvgIpc) is 2.97. The molecule has 0 aliphatic heterocycles.